The van der Waals surface area contributed by atoms with E-state index in [-0.39, 0.29) is 18.6 Å². The number of amides is 1. The van der Waals surface area contributed by atoms with Gasteiger partial charge in [0.2, 0.25) is 0 Å². The lowest BCUT2D eigenvalue weighted by Gasteiger charge is -2.18. The highest BCUT2D eigenvalue weighted by Gasteiger charge is 2.16. The Morgan fingerprint density at radius 2 is 2.26 bits per heavy atom. The zero-order valence-corrected chi connectivity index (χ0v) is 11.2. The predicted octanol–water partition coefficient (Wildman–Crippen LogP) is 1.70. The Morgan fingerprint density at radius 1 is 1.47 bits per heavy atom. The first-order chi connectivity index (χ1) is 9.11. The average Bonchev–Trinajstić information content (AvgIpc) is 2.85. The number of aromatic nitrogens is 2. The summed E-state index contributed by atoms with van der Waals surface area (Å²) in [6, 6.07) is 5.25. The summed E-state index contributed by atoms with van der Waals surface area (Å²) in [5.41, 5.74) is 1.28. The van der Waals surface area contributed by atoms with E-state index in [1.165, 1.54) is 0 Å². The van der Waals surface area contributed by atoms with Crippen molar-refractivity contribution in [2.45, 2.75) is 26.3 Å². The highest BCUT2D eigenvalue weighted by molar-refractivity contribution is 6.05. The van der Waals surface area contributed by atoms with Crippen molar-refractivity contribution in [3.63, 3.8) is 0 Å². The molecule has 1 aromatic heterocycles. The standard InChI is InChI=1S/C14H19N3O2/c1-9(2)6-11(8-18)16-14(19)12-5-3-4-10-7-15-17-13(10)12/h3-5,7,9,11,18H,6,8H2,1-2H3,(H,15,17)(H,16,19). The zero-order chi connectivity index (χ0) is 13.8. The molecule has 5 heteroatoms. The van der Waals surface area contributed by atoms with Crippen molar-refractivity contribution in [2.75, 3.05) is 6.61 Å². The van der Waals surface area contributed by atoms with E-state index < -0.39 is 0 Å². The molecule has 102 valence electrons. The van der Waals surface area contributed by atoms with Crippen molar-refractivity contribution in [2.24, 2.45) is 5.92 Å². The summed E-state index contributed by atoms with van der Waals surface area (Å²) >= 11 is 0. The van der Waals surface area contributed by atoms with E-state index in [0.717, 1.165) is 17.3 Å². The zero-order valence-electron chi connectivity index (χ0n) is 11.2. The van der Waals surface area contributed by atoms with Gasteiger partial charge < -0.3 is 10.4 Å². The highest BCUT2D eigenvalue weighted by atomic mass is 16.3. The van der Waals surface area contributed by atoms with Crippen LogP contribution in [0.4, 0.5) is 0 Å². The molecular formula is C14H19N3O2. The fourth-order valence-corrected chi connectivity index (χ4v) is 2.17. The number of aliphatic hydroxyl groups is 1. The molecule has 0 aliphatic heterocycles. The molecule has 1 amide bonds. The van der Waals surface area contributed by atoms with Crippen LogP contribution in [-0.2, 0) is 0 Å². The van der Waals surface area contributed by atoms with Crippen molar-refractivity contribution in [3.8, 4) is 0 Å². The minimum atomic E-state index is -0.217. The SMILES string of the molecule is CC(C)CC(CO)NC(=O)c1cccc2cn[nH]c12. The lowest BCUT2D eigenvalue weighted by Crippen LogP contribution is -2.38. The number of nitrogens with zero attached hydrogens (tertiary/aromatic N) is 1. The molecule has 1 aromatic carbocycles. The highest BCUT2D eigenvalue weighted by Crippen LogP contribution is 2.16. The number of carbonyl (C=O) groups is 1. The Labute approximate surface area is 112 Å². The molecule has 0 saturated carbocycles. The van der Waals surface area contributed by atoms with Gasteiger partial charge in [-0.15, -0.1) is 0 Å². The summed E-state index contributed by atoms with van der Waals surface area (Å²) < 4.78 is 0. The maximum absolute atomic E-state index is 12.2. The van der Waals surface area contributed by atoms with Crippen LogP contribution in [0.2, 0.25) is 0 Å². The number of aromatic amines is 1. The molecule has 0 radical (unpaired) electrons. The first kappa shape index (κ1) is 13.5. The van der Waals surface area contributed by atoms with Gasteiger partial charge in [-0.2, -0.15) is 5.10 Å². The summed E-state index contributed by atoms with van der Waals surface area (Å²) in [6.07, 6.45) is 2.44. The molecule has 1 heterocycles. The molecule has 2 rings (SSSR count). The smallest absolute Gasteiger partial charge is 0.253 e. The second-order valence-corrected chi connectivity index (χ2v) is 5.12. The lowest BCUT2D eigenvalue weighted by molar-refractivity contribution is 0.0910. The van der Waals surface area contributed by atoms with E-state index in [0.29, 0.717) is 11.5 Å². The lowest BCUT2D eigenvalue weighted by atomic mass is 10.0. The summed E-state index contributed by atoms with van der Waals surface area (Å²) in [7, 11) is 0. The number of H-pyrrole nitrogens is 1. The molecule has 0 fully saturated rings. The summed E-state index contributed by atoms with van der Waals surface area (Å²) in [5.74, 6) is 0.231. The minimum Gasteiger partial charge on any atom is -0.394 e. The Kier molecular flexibility index (Phi) is 4.16. The van der Waals surface area contributed by atoms with E-state index in [2.05, 4.69) is 29.4 Å². The maximum atomic E-state index is 12.2. The van der Waals surface area contributed by atoms with Gasteiger partial charge in [0, 0.05) is 5.39 Å². The van der Waals surface area contributed by atoms with E-state index in [1.54, 1.807) is 12.3 Å². The molecule has 0 saturated heterocycles. The van der Waals surface area contributed by atoms with Gasteiger partial charge in [0.1, 0.15) is 0 Å². The fraction of sp³-hybridized carbons (Fsp3) is 0.429. The van der Waals surface area contributed by atoms with Crippen LogP contribution in [0.3, 0.4) is 0 Å². The van der Waals surface area contributed by atoms with Crippen LogP contribution in [0, 0.1) is 5.92 Å². The van der Waals surface area contributed by atoms with Crippen LogP contribution in [0.5, 0.6) is 0 Å². The van der Waals surface area contributed by atoms with E-state index in [4.69, 9.17) is 0 Å². The molecule has 0 spiro atoms. The number of rotatable bonds is 5. The molecule has 19 heavy (non-hydrogen) atoms. The summed E-state index contributed by atoms with van der Waals surface area (Å²) in [4.78, 5) is 12.2. The van der Waals surface area contributed by atoms with Gasteiger partial charge in [-0.25, -0.2) is 0 Å². The second kappa shape index (κ2) is 5.84. The number of nitrogens with one attached hydrogen (secondary N) is 2. The van der Waals surface area contributed by atoms with E-state index >= 15 is 0 Å². The van der Waals surface area contributed by atoms with Crippen LogP contribution in [0.25, 0.3) is 10.9 Å². The maximum Gasteiger partial charge on any atom is 0.253 e. The predicted molar refractivity (Wildman–Crippen MR) is 73.9 cm³/mol. The summed E-state index contributed by atoms with van der Waals surface area (Å²) in [6.45, 7) is 4.07. The monoisotopic (exact) mass is 261 g/mol. The molecule has 1 unspecified atom stereocenters. The number of fused-ring (bicyclic) bond motifs is 1. The van der Waals surface area contributed by atoms with Crippen molar-refractivity contribution in [1.82, 2.24) is 15.5 Å². The van der Waals surface area contributed by atoms with Crippen molar-refractivity contribution in [3.05, 3.63) is 30.0 Å². The number of para-hydroxylation sites is 1. The Balaban J connectivity index is 2.17. The van der Waals surface area contributed by atoms with E-state index in [1.807, 2.05) is 12.1 Å². The molecule has 1 atom stereocenters. The number of benzene rings is 1. The third-order valence-electron chi connectivity index (χ3n) is 3.03. The van der Waals surface area contributed by atoms with Gasteiger partial charge in [-0.1, -0.05) is 26.0 Å². The largest absolute Gasteiger partial charge is 0.394 e. The van der Waals surface area contributed by atoms with Crippen LogP contribution >= 0.6 is 0 Å². The molecular weight excluding hydrogens is 242 g/mol. The Morgan fingerprint density at radius 3 is 2.95 bits per heavy atom. The Bertz CT molecular complexity index is 563. The van der Waals surface area contributed by atoms with Crippen LogP contribution in [0.1, 0.15) is 30.6 Å². The van der Waals surface area contributed by atoms with Gasteiger partial charge in [0.25, 0.3) is 5.91 Å². The molecule has 2 aromatic rings. The summed E-state index contributed by atoms with van der Waals surface area (Å²) in [5, 5.41) is 19.8. The van der Waals surface area contributed by atoms with Gasteiger partial charge in [0.15, 0.2) is 0 Å². The van der Waals surface area contributed by atoms with Crippen LogP contribution in [-0.4, -0.2) is 33.9 Å². The normalized spacial score (nSPS) is 12.8. The van der Waals surface area contributed by atoms with Gasteiger partial charge >= 0.3 is 0 Å². The first-order valence-corrected chi connectivity index (χ1v) is 6.45. The molecule has 0 aliphatic rings. The van der Waals surface area contributed by atoms with E-state index in [9.17, 15) is 9.90 Å². The number of carbonyl (C=O) groups excluding carboxylic acids is 1. The number of hydrogen-bond acceptors (Lipinski definition) is 3. The van der Waals surface area contributed by atoms with Gasteiger partial charge in [-0.3, -0.25) is 9.89 Å². The van der Waals surface area contributed by atoms with Gasteiger partial charge in [-0.05, 0) is 18.4 Å². The quantitative estimate of drug-likeness (QED) is 0.766. The third kappa shape index (κ3) is 3.12. The van der Waals surface area contributed by atoms with Gasteiger partial charge in [0.05, 0.1) is 29.9 Å². The molecule has 0 aliphatic carbocycles. The number of hydrogen-bond donors (Lipinski definition) is 3. The van der Waals surface area contributed by atoms with Crippen molar-refractivity contribution in [1.29, 1.82) is 0 Å². The van der Waals surface area contributed by atoms with Crippen LogP contribution in [0.15, 0.2) is 24.4 Å². The fourth-order valence-electron chi connectivity index (χ4n) is 2.17. The van der Waals surface area contributed by atoms with Crippen molar-refractivity contribution < 1.29 is 9.90 Å². The second-order valence-electron chi connectivity index (χ2n) is 5.12. The molecule has 0 bridgehead atoms. The van der Waals surface area contributed by atoms with Crippen molar-refractivity contribution >= 4 is 16.8 Å². The average molecular weight is 261 g/mol. The Hall–Kier alpha value is -1.88. The molecule has 3 N–H and O–H groups in total. The number of aliphatic hydroxyl groups excluding tert-OH is 1. The first-order valence-electron chi connectivity index (χ1n) is 6.45. The topological polar surface area (TPSA) is 78.0 Å². The third-order valence-corrected chi connectivity index (χ3v) is 3.03. The minimum absolute atomic E-state index is 0.0527. The van der Waals surface area contributed by atoms with Crippen LogP contribution < -0.4 is 5.32 Å². The molecule has 5 nitrogen and oxygen atoms in total.